The van der Waals surface area contributed by atoms with Gasteiger partial charge in [0, 0.05) is 23.6 Å². The van der Waals surface area contributed by atoms with Gasteiger partial charge < -0.3 is 11.1 Å². The fourth-order valence-electron chi connectivity index (χ4n) is 2.63. The van der Waals surface area contributed by atoms with Crippen molar-refractivity contribution in [3.05, 3.63) is 42.4 Å². The summed E-state index contributed by atoms with van der Waals surface area (Å²) in [5.74, 6) is -0.0941. The number of hydrogen-bond acceptors (Lipinski definition) is 4. The Morgan fingerprint density at radius 1 is 1.28 bits per heavy atom. The summed E-state index contributed by atoms with van der Waals surface area (Å²) in [7, 11) is 0. The molecule has 0 aliphatic carbocycles. The second kappa shape index (κ2) is 7.12. The first-order chi connectivity index (χ1) is 12.1. The number of carbonyl (C=O) groups excluding carboxylic acids is 1. The molecule has 7 nitrogen and oxygen atoms in total. The summed E-state index contributed by atoms with van der Waals surface area (Å²) in [5, 5.41) is 18.2. The molecule has 25 heavy (non-hydrogen) atoms. The minimum absolute atomic E-state index is 0.00930. The molecule has 0 aliphatic rings. The summed E-state index contributed by atoms with van der Waals surface area (Å²) >= 11 is 0. The summed E-state index contributed by atoms with van der Waals surface area (Å²) in [6, 6.07) is 7.61. The first-order valence-corrected chi connectivity index (χ1v) is 8.16. The van der Waals surface area contributed by atoms with Crippen LogP contribution in [-0.2, 0) is 4.79 Å². The number of carbonyl (C=O) groups is 1. The van der Waals surface area contributed by atoms with E-state index in [4.69, 9.17) is 11.1 Å². The zero-order chi connectivity index (χ0) is 17.8. The van der Waals surface area contributed by atoms with Gasteiger partial charge in [-0.25, -0.2) is 0 Å². The number of amidine groups is 1. The number of nitrogens with zero attached hydrogens (tertiary/aromatic N) is 2. The molecule has 3 rings (SSSR count). The van der Waals surface area contributed by atoms with Crippen LogP contribution in [0.2, 0.25) is 0 Å². The van der Waals surface area contributed by atoms with Gasteiger partial charge in [0.1, 0.15) is 11.5 Å². The van der Waals surface area contributed by atoms with Gasteiger partial charge in [0.2, 0.25) is 5.91 Å². The van der Waals surface area contributed by atoms with Gasteiger partial charge in [-0.15, -0.1) is 0 Å². The molecule has 0 aliphatic heterocycles. The van der Waals surface area contributed by atoms with Crippen LogP contribution in [0.1, 0.15) is 31.9 Å². The second-order valence-electron chi connectivity index (χ2n) is 5.86. The van der Waals surface area contributed by atoms with E-state index in [1.165, 1.54) is 0 Å². The van der Waals surface area contributed by atoms with Gasteiger partial charge in [0.05, 0.1) is 17.4 Å². The Morgan fingerprint density at radius 3 is 2.88 bits per heavy atom. The molecule has 0 saturated heterocycles. The summed E-state index contributed by atoms with van der Waals surface area (Å²) < 4.78 is 0. The molecule has 0 unspecified atom stereocenters. The summed E-state index contributed by atoms with van der Waals surface area (Å²) in [6.07, 6.45) is 5.71. The number of benzene rings is 1. The number of nitrogens with two attached hydrogens (primary N) is 1. The van der Waals surface area contributed by atoms with Crippen LogP contribution < -0.4 is 11.1 Å². The number of fused-ring (bicyclic) bond motifs is 1. The number of nitrogens with one attached hydrogen (secondary N) is 3. The molecular weight excluding hydrogens is 316 g/mol. The maximum absolute atomic E-state index is 11.9. The zero-order valence-electron chi connectivity index (χ0n) is 14.0. The number of hydrogen-bond donors (Lipinski definition) is 4. The lowest BCUT2D eigenvalue weighted by atomic mass is 10.0. The van der Waals surface area contributed by atoms with Crippen molar-refractivity contribution in [3.63, 3.8) is 0 Å². The van der Waals surface area contributed by atoms with E-state index >= 15 is 0 Å². The Balaban J connectivity index is 1.90. The smallest absolute Gasteiger partial charge is 0.224 e. The molecule has 1 aromatic carbocycles. The molecule has 0 fully saturated rings. The lowest BCUT2D eigenvalue weighted by Gasteiger charge is -2.07. The molecule has 0 saturated carbocycles. The maximum Gasteiger partial charge on any atom is 0.224 e. The highest BCUT2D eigenvalue weighted by molar-refractivity contribution is 6.06. The largest absolute Gasteiger partial charge is 0.382 e. The van der Waals surface area contributed by atoms with Crippen LogP contribution in [0.3, 0.4) is 0 Å². The Kier molecular flexibility index (Phi) is 4.74. The number of anilines is 1. The van der Waals surface area contributed by atoms with Gasteiger partial charge in [-0.2, -0.15) is 5.10 Å². The Bertz CT molecular complexity index is 930. The third kappa shape index (κ3) is 3.65. The summed E-state index contributed by atoms with van der Waals surface area (Å²) in [4.78, 5) is 16.1. The van der Waals surface area contributed by atoms with Crippen LogP contribution in [0.25, 0.3) is 22.0 Å². The predicted molar refractivity (Wildman–Crippen MR) is 98.5 cm³/mol. The van der Waals surface area contributed by atoms with Crippen molar-refractivity contribution in [1.29, 1.82) is 5.41 Å². The van der Waals surface area contributed by atoms with E-state index in [-0.39, 0.29) is 11.7 Å². The van der Waals surface area contributed by atoms with Crippen LogP contribution >= 0.6 is 0 Å². The molecular formula is C18H20N6O. The molecule has 0 bridgehead atoms. The molecule has 0 spiro atoms. The van der Waals surface area contributed by atoms with E-state index in [9.17, 15) is 4.79 Å². The van der Waals surface area contributed by atoms with Gasteiger partial charge in [0.25, 0.3) is 0 Å². The minimum Gasteiger partial charge on any atom is -0.382 e. The topological polar surface area (TPSA) is 121 Å². The van der Waals surface area contributed by atoms with Crippen molar-refractivity contribution in [2.24, 2.45) is 5.73 Å². The third-order valence-corrected chi connectivity index (χ3v) is 3.93. The lowest BCUT2D eigenvalue weighted by Crippen LogP contribution is -2.11. The van der Waals surface area contributed by atoms with Crippen molar-refractivity contribution in [2.45, 2.75) is 26.2 Å². The standard InChI is InChI=1S/C18H20N6O/c1-2-3-4-16(25)22-13-7-12(9-21-10-13)11-5-6-15-14(8-11)17(18(19)20)24-23-15/h5-10H,2-4H2,1H3,(H3,19,20)(H,22,25)(H,23,24). The molecule has 128 valence electrons. The monoisotopic (exact) mass is 336 g/mol. The van der Waals surface area contributed by atoms with Gasteiger partial charge in [-0.1, -0.05) is 19.4 Å². The number of aromatic amines is 1. The zero-order valence-corrected chi connectivity index (χ0v) is 14.0. The molecule has 2 aromatic heterocycles. The fourth-order valence-corrected chi connectivity index (χ4v) is 2.63. The average Bonchev–Trinajstić information content (AvgIpc) is 3.03. The van der Waals surface area contributed by atoms with Crippen LogP contribution in [0.4, 0.5) is 5.69 Å². The maximum atomic E-state index is 11.9. The van der Waals surface area contributed by atoms with Crippen molar-refractivity contribution in [1.82, 2.24) is 15.2 Å². The first kappa shape index (κ1) is 16.6. The number of pyridine rings is 1. The molecule has 2 heterocycles. The fraction of sp³-hybridized carbons (Fsp3) is 0.222. The third-order valence-electron chi connectivity index (χ3n) is 3.93. The highest BCUT2D eigenvalue weighted by Crippen LogP contribution is 2.26. The molecule has 0 atom stereocenters. The van der Waals surface area contributed by atoms with Crippen LogP contribution in [0.5, 0.6) is 0 Å². The van der Waals surface area contributed by atoms with E-state index in [2.05, 4.69) is 27.4 Å². The van der Waals surface area contributed by atoms with Crippen molar-refractivity contribution < 1.29 is 4.79 Å². The molecule has 3 aromatic rings. The van der Waals surface area contributed by atoms with E-state index < -0.39 is 0 Å². The number of nitrogen functional groups attached to an aromatic ring is 1. The average molecular weight is 336 g/mol. The minimum atomic E-state index is -0.0848. The Morgan fingerprint density at radius 2 is 2.12 bits per heavy atom. The summed E-state index contributed by atoms with van der Waals surface area (Å²) in [5.41, 5.74) is 9.25. The Hall–Kier alpha value is -3.22. The molecule has 1 amide bonds. The van der Waals surface area contributed by atoms with E-state index in [0.29, 0.717) is 17.8 Å². The quantitative estimate of drug-likeness (QED) is 0.408. The lowest BCUT2D eigenvalue weighted by molar-refractivity contribution is -0.116. The van der Waals surface area contributed by atoms with Gasteiger partial charge in [-0.3, -0.25) is 20.3 Å². The summed E-state index contributed by atoms with van der Waals surface area (Å²) in [6.45, 7) is 2.05. The van der Waals surface area contributed by atoms with Gasteiger partial charge in [-0.05, 0) is 30.2 Å². The van der Waals surface area contributed by atoms with Gasteiger partial charge in [0.15, 0.2) is 0 Å². The molecule has 5 N–H and O–H groups in total. The van der Waals surface area contributed by atoms with E-state index in [0.717, 1.165) is 34.9 Å². The SMILES string of the molecule is CCCCC(=O)Nc1cncc(-c2ccc3[nH]nc(C(=N)N)c3c2)c1. The first-order valence-electron chi connectivity index (χ1n) is 8.16. The van der Waals surface area contributed by atoms with Crippen molar-refractivity contribution in [3.8, 4) is 11.1 Å². The van der Waals surface area contributed by atoms with Crippen molar-refractivity contribution >= 4 is 28.3 Å². The highest BCUT2D eigenvalue weighted by atomic mass is 16.1. The van der Waals surface area contributed by atoms with Crippen LogP contribution in [-0.4, -0.2) is 26.9 Å². The number of amides is 1. The number of unbranched alkanes of at least 4 members (excludes halogenated alkanes) is 1. The predicted octanol–water partition coefficient (Wildman–Crippen LogP) is 3.04. The number of H-pyrrole nitrogens is 1. The van der Waals surface area contributed by atoms with Crippen molar-refractivity contribution in [2.75, 3.05) is 5.32 Å². The van der Waals surface area contributed by atoms with Crippen LogP contribution in [0.15, 0.2) is 36.7 Å². The Labute approximate surface area is 145 Å². The highest BCUT2D eigenvalue weighted by Gasteiger charge is 2.10. The van der Waals surface area contributed by atoms with E-state index in [1.807, 2.05) is 24.3 Å². The normalized spacial score (nSPS) is 10.8. The molecule has 7 heteroatoms. The van der Waals surface area contributed by atoms with Gasteiger partial charge >= 0.3 is 0 Å². The second-order valence-corrected chi connectivity index (χ2v) is 5.86. The number of rotatable bonds is 6. The van der Waals surface area contributed by atoms with E-state index in [1.54, 1.807) is 12.4 Å². The molecule has 0 radical (unpaired) electrons. The number of aromatic nitrogens is 3. The van der Waals surface area contributed by atoms with Crippen LogP contribution in [0, 0.1) is 5.41 Å².